The summed E-state index contributed by atoms with van der Waals surface area (Å²) in [4.78, 5) is 24.5. The Morgan fingerprint density at radius 3 is 2.57 bits per heavy atom. The molecular weight excluding hydrogens is 384 g/mol. The van der Waals surface area contributed by atoms with Crippen LogP contribution in [-0.2, 0) is 4.74 Å². The van der Waals surface area contributed by atoms with Crippen LogP contribution in [0, 0.1) is 0 Å². The van der Waals surface area contributed by atoms with E-state index in [-0.39, 0.29) is 11.7 Å². The van der Waals surface area contributed by atoms with Crippen molar-refractivity contribution in [2.75, 3.05) is 20.3 Å². The molecule has 1 aliphatic heterocycles. The summed E-state index contributed by atoms with van der Waals surface area (Å²) in [5.74, 6) is 0.00730. The third-order valence-electron chi connectivity index (χ3n) is 4.27. The summed E-state index contributed by atoms with van der Waals surface area (Å²) in [5.41, 5.74) is 5.31. The minimum Gasteiger partial charge on any atom is -0.496 e. The molecule has 148 valence electrons. The lowest BCUT2D eigenvalue weighted by Gasteiger charge is -2.12. The number of halogens is 1. The Hall–Kier alpha value is -2.77. The monoisotopic (exact) mass is 404 g/mol. The minimum absolute atomic E-state index is 0.127. The van der Waals surface area contributed by atoms with E-state index in [1.165, 1.54) is 13.2 Å². The minimum atomic E-state index is -0.538. The molecular formula is C20H21ClN2O5. The number of ether oxygens (including phenoxy) is 3. The molecule has 1 atom stereocenters. The van der Waals surface area contributed by atoms with E-state index in [9.17, 15) is 9.59 Å². The van der Waals surface area contributed by atoms with Gasteiger partial charge in [-0.25, -0.2) is 0 Å². The molecule has 0 saturated carbocycles. The molecule has 2 aromatic carbocycles. The molecule has 1 fully saturated rings. The molecule has 0 aliphatic carbocycles. The second kappa shape index (κ2) is 9.43. The molecule has 28 heavy (non-hydrogen) atoms. The van der Waals surface area contributed by atoms with Gasteiger partial charge in [0, 0.05) is 17.2 Å². The highest BCUT2D eigenvalue weighted by Gasteiger charge is 2.17. The van der Waals surface area contributed by atoms with Crippen molar-refractivity contribution >= 4 is 23.4 Å². The summed E-state index contributed by atoms with van der Waals surface area (Å²) < 4.78 is 16.3. The quantitative estimate of drug-likeness (QED) is 0.723. The van der Waals surface area contributed by atoms with Crippen LogP contribution in [0.15, 0.2) is 42.5 Å². The zero-order valence-corrected chi connectivity index (χ0v) is 16.1. The van der Waals surface area contributed by atoms with Crippen molar-refractivity contribution in [3.05, 3.63) is 58.6 Å². The maximum atomic E-state index is 12.3. The van der Waals surface area contributed by atoms with Crippen LogP contribution in [-0.4, -0.2) is 38.2 Å². The van der Waals surface area contributed by atoms with E-state index in [1.807, 2.05) is 0 Å². The standard InChI is InChI=1S/C20H21ClN2O5/c1-26-18-9-6-14(21)11-17(18)20(25)23-22-19(24)13-4-7-15(8-5-13)28-12-16-3-2-10-27-16/h4-9,11,16H,2-3,10,12H2,1H3,(H,22,24)(H,23,25)/t16-/m1/s1. The van der Waals surface area contributed by atoms with E-state index in [0.717, 1.165) is 19.4 Å². The van der Waals surface area contributed by atoms with Gasteiger partial charge >= 0.3 is 0 Å². The number of benzene rings is 2. The molecule has 0 radical (unpaired) electrons. The van der Waals surface area contributed by atoms with Crippen LogP contribution in [0.25, 0.3) is 0 Å². The van der Waals surface area contributed by atoms with Crippen molar-refractivity contribution in [1.29, 1.82) is 0 Å². The number of carbonyl (C=O) groups is 2. The Morgan fingerprint density at radius 1 is 1.14 bits per heavy atom. The third-order valence-corrected chi connectivity index (χ3v) is 4.51. The average Bonchev–Trinajstić information content (AvgIpc) is 3.24. The molecule has 2 N–H and O–H groups in total. The molecule has 1 saturated heterocycles. The first-order chi connectivity index (χ1) is 13.6. The van der Waals surface area contributed by atoms with Gasteiger partial charge in [-0.1, -0.05) is 11.6 Å². The number of hydrazine groups is 1. The van der Waals surface area contributed by atoms with E-state index in [1.54, 1.807) is 36.4 Å². The molecule has 1 aliphatic rings. The number of rotatable bonds is 6. The van der Waals surface area contributed by atoms with E-state index >= 15 is 0 Å². The van der Waals surface area contributed by atoms with Gasteiger partial charge in [0.15, 0.2) is 0 Å². The molecule has 1 heterocycles. The van der Waals surface area contributed by atoms with Crippen LogP contribution in [0.3, 0.4) is 0 Å². The molecule has 0 spiro atoms. The van der Waals surface area contributed by atoms with Gasteiger partial charge in [-0.3, -0.25) is 20.4 Å². The Kier molecular flexibility index (Phi) is 6.73. The van der Waals surface area contributed by atoms with Crippen LogP contribution in [0.1, 0.15) is 33.6 Å². The lowest BCUT2D eigenvalue weighted by Crippen LogP contribution is -2.41. The summed E-state index contributed by atoms with van der Waals surface area (Å²) in [6.07, 6.45) is 2.18. The maximum Gasteiger partial charge on any atom is 0.273 e. The van der Waals surface area contributed by atoms with Gasteiger partial charge in [-0.15, -0.1) is 0 Å². The van der Waals surface area contributed by atoms with Crippen LogP contribution in [0.5, 0.6) is 11.5 Å². The lowest BCUT2D eigenvalue weighted by atomic mass is 10.2. The van der Waals surface area contributed by atoms with Crippen molar-refractivity contribution in [1.82, 2.24) is 10.9 Å². The zero-order chi connectivity index (χ0) is 19.9. The van der Waals surface area contributed by atoms with E-state index in [2.05, 4.69) is 10.9 Å². The fourth-order valence-corrected chi connectivity index (χ4v) is 2.95. The fraction of sp³-hybridized carbons (Fsp3) is 0.300. The second-order valence-electron chi connectivity index (χ2n) is 6.22. The summed E-state index contributed by atoms with van der Waals surface area (Å²) in [5, 5.41) is 0.385. The molecule has 8 heteroatoms. The Balaban J connectivity index is 1.53. The SMILES string of the molecule is COc1ccc(Cl)cc1C(=O)NNC(=O)c1ccc(OC[C@H]2CCCO2)cc1. The Labute approximate surface area is 167 Å². The van der Waals surface area contributed by atoms with Crippen molar-refractivity contribution in [3.63, 3.8) is 0 Å². The molecule has 2 aromatic rings. The normalized spacial score (nSPS) is 15.7. The second-order valence-corrected chi connectivity index (χ2v) is 6.66. The highest BCUT2D eigenvalue weighted by atomic mass is 35.5. The van der Waals surface area contributed by atoms with Gasteiger partial charge in [-0.05, 0) is 55.3 Å². The van der Waals surface area contributed by atoms with Gasteiger partial charge < -0.3 is 14.2 Å². The number of amides is 2. The number of hydrogen-bond donors (Lipinski definition) is 2. The van der Waals surface area contributed by atoms with Crippen LogP contribution < -0.4 is 20.3 Å². The Bertz CT molecular complexity index is 835. The van der Waals surface area contributed by atoms with Crippen molar-refractivity contribution < 1.29 is 23.8 Å². The van der Waals surface area contributed by atoms with E-state index in [4.69, 9.17) is 25.8 Å². The number of carbonyl (C=O) groups excluding carboxylic acids is 2. The number of nitrogens with one attached hydrogen (secondary N) is 2. The first-order valence-corrected chi connectivity index (χ1v) is 9.23. The van der Waals surface area contributed by atoms with Crippen molar-refractivity contribution in [3.8, 4) is 11.5 Å². The first kappa shape index (κ1) is 20.0. The van der Waals surface area contributed by atoms with Gasteiger partial charge in [-0.2, -0.15) is 0 Å². The highest BCUT2D eigenvalue weighted by Crippen LogP contribution is 2.22. The van der Waals surface area contributed by atoms with Crippen molar-refractivity contribution in [2.24, 2.45) is 0 Å². The predicted molar refractivity (Wildman–Crippen MR) is 104 cm³/mol. The smallest absolute Gasteiger partial charge is 0.273 e. The summed E-state index contributed by atoms with van der Waals surface area (Å²) in [6, 6.07) is 11.3. The summed E-state index contributed by atoms with van der Waals surface area (Å²) in [7, 11) is 1.45. The zero-order valence-electron chi connectivity index (χ0n) is 15.4. The topological polar surface area (TPSA) is 85.9 Å². The largest absolute Gasteiger partial charge is 0.496 e. The van der Waals surface area contributed by atoms with Gasteiger partial charge in [0.2, 0.25) is 0 Å². The van der Waals surface area contributed by atoms with Gasteiger partial charge in [0.1, 0.15) is 18.1 Å². The van der Waals surface area contributed by atoms with Crippen LogP contribution in [0.4, 0.5) is 0 Å². The van der Waals surface area contributed by atoms with Gasteiger partial charge in [0.05, 0.1) is 18.8 Å². The van der Waals surface area contributed by atoms with E-state index < -0.39 is 11.8 Å². The van der Waals surface area contributed by atoms with Crippen LogP contribution >= 0.6 is 11.6 Å². The number of hydrogen-bond acceptors (Lipinski definition) is 5. The molecule has 0 unspecified atom stereocenters. The molecule has 0 aromatic heterocycles. The fourth-order valence-electron chi connectivity index (χ4n) is 2.78. The van der Waals surface area contributed by atoms with Crippen LogP contribution in [0.2, 0.25) is 5.02 Å². The molecule has 3 rings (SSSR count). The lowest BCUT2D eigenvalue weighted by molar-refractivity contribution is 0.0679. The summed E-state index contributed by atoms with van der Waals surface area (Å²) >= 11 is 5.92. The molecule has 0 bridgehead atoms. The maximum absolute atomic E-state index is 12.3. The Morgan fingerprint density at radius 2 is 1.89 bits per heavy atom. The molecule has 7 nitrogen and oxygen atoms in total. The third kappa shape index (κ3) is 5.15. The average molecular weight is 405 g/mol. The van der Waals surface area contributed by atoms with Gasteiger partial charge in [0.25, 0.3) is 11.8 Å². The van der Waals surface area contributed by atoms with E-state index in [0.29, 0.717) is 28.7 Å². The first-order valence-electron chi connectivity index (χ1n) is 8.85. The highest BCUT2D eigenvalue weighted by molar-refractivity contribution is 6.31. The molecule has 2 amide bonds. The summed E-state index contributed by atoms with van der Waals surface area (Å²) in [6.45, 7) is 1.27. The number of methoxy groups -OCH3 is 1. The predicted octanol–water partition coefficient (Wildman–Crippen LogP) is 2.98. The van der Waals surface area contributed by atoms with Crippen molar-refractivity contribution in [2.45, 2.75) is 18.9 Å².